The summed E-state index contributed by atoms with van der Waals surface area (Å²) in [6.45, 7) is 9.93. The zero-order chi connectivity index (χ0) is 25.5. The molecule has 1 N–H and O–H groups in total. The Balaban J connectivity index is 2.13. The Morgan fingerprint density at radius 2 is 1.71 bits per heavy atom. The van der Waals surface area contributed by atoms with Crippen LogP contribution in [0.3, 0.4) is 0 Å². The van der Waals surface area contributed by atoms with Crippen LogP contribution in [0.25, 0.3) is 0 Å². The summed E-state index contributed by atoms with van der Waals surface area (Å²) >= 11 is 3.94. The average Bonchev–Trinajstić information content (AvgIpc) is 2.76. The van der Waals surface area contributed by atoms with Gasteiger partial charge in [-0.3, -0.25) is 14.4 Å². The van der Waals surface area contributed by atoms with E-state index in [1.165, 1.54) is 24.3 Å². The summed E-state index contributed by atoms with van der Waals surface area (Å²) in [5.41, 5.74) is 3.55. The Morgan fingerprint density at radius 3 is 2.29 bits per heavy atom. The van der Waals surface area contributed by atoms with E-state index in [1.54, 1.807) is 32.9 Å². The van der Waals surface area contributed by atoms with Crippen molar-refractivity contribution in [2.45, 2.75) is 47.6 Å². The van der Waals surface area contributed by atoms with Gasteiger partial charge in [-0.1, -0.05) is 36.9 Å². The molecule has 0 aliphatic rings. The first-order valence-corrected chi connectivity index (χ1v) is 11.6. The van der Waals surface area contributed by atoms with Crippen molar-refractivity contribution in [1.82, 2.24) is 5.06 Å². The molecule has 0 aliphatic heterocycles. The van der Waals surface area contributed by atoms with Crippen LogP contribution in [0, 0.1) is 25.2 Å². The van der Waals surface area contributed by atoms with Crippen molar-refractivity contribution in [1.29, 1.82) is 0 Å². The minimum Gasteiger partial charge on any atom is -0.504 e. The molecular formula is C26H35NO6S. The molecule has 0 saturated carbocycles. The number of ether oxygens (including phenoxy) is 2. The second kappa shape index (κ2) is 12.1. The summed E-state index contributed by atoms with van der Waals surface area (Å²) in [7, 11) is 1.45. The van der Waals surface area contributed by atoms with E-state index in [-0.39, 0.29) is 37.4 Å². The van der Waals surface area contributed by atoms with Crippen LogP contribution in [0.5, 0.6) is 11.5 Å². The first-order chi connectivity index (χ1) is 15.9. The number of hydroxylamine groups is 2. The molecule has 1 unspecified atom stereocenters. The van der Waals surface area contributed by atoms with Gasteiger partial charge in [0.15, 0.2) is 11.5 Å². The number of esters is 1. The van der Waals surface area contributed by atoms with Crippen LogP contribution in [0.4, 0.5) is 4.79 Å². The van der Waals surface area contributed by atoms with E-state index in [9.17, 15) is 14.7 Å². The third kappa shape index (κ3) is 8.25. The number of aryl methyl sites for hydroxylation is 2. The van der Waals surface area contributed by atoms with Crippen molar-refractivity contribution in [3.05, 3.63) is 58.7 Å². The number of phenolic OH excluding ortho intramolecular Hbond substituents is 1. The van der Waals surface area contributed by atoms with Crippen LogP contribution in [-0.2, 0) is 27.3 Å². The first kappa shape index (κ1) is 27.5. The van der Waals surface area contributed by atoms with Crippen molar-refractivity contribution in [3.8, 4) is 11.5 Å². The summed E-state index contributed by atoms with van der Waals surface area (Å²) < 4.78 is 10.7. The summed E-state index contributed by atoms with van der Waals surface area (Å²) in [6, 6.07) is 11.0. The molecule has 8 heteroatoms. The molecule has 2 aromatic rings. The maximum Gasteiger partial charge on any atom is 0.311 e. The van der Waals surface area contributed by atoms with Crippen molar-refractivity contribution in [2.24, 2.45) is 11.3 Å². The van der Waals surface area contributed by atoms with Gasteiger partial charge in [0.25, 0.3) is 0 Å². The zero-order valence-electron chi connectivity index (χ0n) is 20.8. The fourth-order valence-corrected chi connectivity index (χ4v) is 3.32. The predicted octanol–water partition coefficient (Wildman–Crippen LogP) is 5.25. The first-order valence-electron chi connectivity index (χ1n) is 11.1. The number of aromatic hydroxyl groups is 1. The monoisotopic (exact) mass is 489 g/mol. The molecule has 0 spiro atoms. The molecule has 1 amide bonds. The van der Waals surface area contributed by atoms with Gasteiger partial charge < -0.3 is 14.6 Å². The standard InChI is InChI=1S/C26H35NO6S/c1-17-7-8-19(11-18(17)2)12-21(15-32-24(29)26(3,4)5)16-33-27(25(30)34)14-20-9-10-22(28)23(13-20)31-6/h7-11,13,21,28H,12,14-16H2,1-6H3,(H,30,34). The Labute approximate surface area is 207 Å². The van der Waals surface area contributed by atoms with Crippen LogP contribution in [0.2, 0.25) is 0 Å². The number of amides is 1. The number of hydrogen-bond donors (Lipinski definition) is 2. The molecule has 34 heavy (non-hydrogen) atoms. The quantitative estimate of drug-likeness (QED) is 0.269. The topological polar surface area (TPSA) is 85.3 Å². The molecular weight excluding hydrogens is 454 g/mol. The molecule has 0 radical (unpaired) electrons. The van der Waals surface area contributed by atoms with E-state index in [2.05, 4.69) is 38.6 Å². The maximum absolute atomic E-state index is 12.3. The smallest absolute Gasteiger partial charge is 0.311 e. The van der Waals surface area contributed by atoms with Gasteiger partial charge in [-0.25, -0.2) is 5.06 Å². The van der Waals surface area contributed by atoms with Crippen LogP contribution in [-0.4, -0.2) is 41.7 Å². The SMILES string of the molecule is COc1cc(CN(OCC(COC(=O)C(C)(C)C)Cc2ccc(C)c(C)c2)C(=O)S)ccc1O. The molecule has 0 saturated heterocycles. The lowest BCUT2D eigenvalue weighted by molar-refractivity contribution is -0.160. The van der Waals surface area contributed by atoms with Crippen LogP contribution in [0.1, 0.15) is 43.0 Å². The van der Waals surface area contributed by atoms with Crippen molar-refractivity contribution >= 4 is 23.8 Å². The molecule has 0 aliphatic carbocycles. The molecule has 186 valence electrons. The number of rotatable bonds is 10. The Hall–Kier alpha value is -2.71. The minimum atomic E-state index is -0.614. The highest BCUT2D eigenvalue weighted by Crippen LogP contribution is 2.27. The summed E-state index contributed by atoms with van der Waals surface area (Å²) in [6.07, 6.45) is 0.611. The molecule has 2 rings (SSSR count). The second-order valence-electron chi connectivity index (χ2n) is 9.46. The van der Waals surface area contributed by atoms with E-state index in [4.69, 9.17) is 14.3 Å². The maximum atomic E-state index is 12.3. The largest absolute Gasteiger partial charge is 0.504 e. The van der Waals surface area contributed by atoms with Crippen molar-refractivity contribution < 1.29 is 29.0 Å². The van der Waals surface area contributed by atoms with Gasteiger partial charge >= 0.3 is 11.2 Å². The van der Waals surface area contributed by atoms with Gasteiger partial charge in [-0.2, -0.15) is 0 Å². The number of phenols is 1. The van der Waals surface area contributed by atoms with Crippen LogP contribution < -0.4 is 4.74 Å². The average molecular weight is 490 g/mol. The summed E-state index contributed by atoms with van der Waals surface area (Å²) in [5, 5.41) is 10.4. The Morgan fingerprint density at radius 1 is 1.03 bits per heavy atom. The third-order valence-corrected chi connectivity index (χ3v) is 5.63. The van der Waals surface area contributed by atoms with Gasteiger partial charge in [0, 0.05) is 5.92 Å². The molecule has 1 atom stereocenters. The lowest BCUT2D eigenvalue weighted by Gasteiger charge is -2.25. The highest BCUT2D eigenvalue weighted by atomic mass is 32.1. The number of nitrogens with zero attached hydrogens (tertiary/aromatic N) is 1. The number of methoxy groups -OCH3 is 1. The lowest BCUT2D eigenvalue weighted by atomic mass is 9.96. The lowest BCUT2D eigenvalue weighted by Crippen LogP contribution is -2.32. The zero-order valence-corrected chi connectivity index (χ0v) is 21.6. The Bertz CT molecular complexity index is 1000. The molecule has 0 fully saturated rings. The number of carbonyl (C=O) groups is 2. The number of hydrogen-bond acceptors (Lipinski definition) is 6. The van der Waals surface area contributed by atoms with Gasteiger partial charge in [0.05, 0.1) is 32.3 Å². The third-order valence-electron chi connectivity index (χ3n) is 5.41. The van der Waals surface area contributed by atoms with Crippen LogP contribution >= 0.6 is 12.6 Å². The van der Waals surface area contributed by atoms with Crippen LogP contribution in [0.15, 0.2) is 36.4 Å². The minimum absolute atomic E-state index is 0.00466. The van der Waals surface area contributed by atoms with E-state index >= 15 is 0 Å². The number of thiol groups is 1. The fraction of sp³-hybridized carbons (Fsp3) is 0.462. The Kier molecular flexibility index (Phi) is 9.82. The predicted molar refractivity (Wildman–Crippen MR) is 134 cm³/mol. The summed E-state index contributed by atoms with van der Waals surface area (Å²) in [5.74, 6) is -0.176. The van der Waals surface area contributed by atoms with E-state index in [0.29, 0.717) is 17.7 Å². The molecule has 7 nitrogen and oxygen atoms in total. The van der Waals surface area contributed by atoms with Gasteiger partial charge in [0.1, 0.15) is 0 Å². The molecule has 0 heterocycles. The van der Waals surface area contributed by atoms with Crippen molar-refractivity contribution in [2.75, 3.05) is 20.3 Å². The molecule has 0 bridgehead atoms. The normalized spacial score (nSPS) is 12.2. The van der Waals surface area contributed by atoms with Gasteiger partial charge in [0.2, 0.25) is 0 Å². The van der Waals surface area contributed by atoms with E-state index in [1.807, 2.05) is 6.07 Å². The highest BCUT2D eigenvalue weighted by molar-refractivity contribution is 7.96. The molecule has 2 aromatic carbocycles. The summed E-state index contributed by atoms with van der Waals surface area (Å²) in [4.78, 5) is 30.3. The van der Waals surface area contributed by atoms with Crippen molar-refractivity contribution in [3.63, 3.8) is 0 Å². The van der Waals surface area contributed by atoms with E-state index < -0.39 is 10.7 Å². The highest BCUT2D eigenvalue weighted by Gasteiger charge is 2.25. The fourth-order valence-electron chi connectivity index (χ4n) is 3.19. The van der Waals surface area contributed by atoms with Gasteiger partial charge in [-0.15, -0.1) is 0 Å². The van der Waals surface area contributed by atoms with E-state index in [0.717, 1.165) is 10.6 Å². The van der Waals surface area contributed by atoms with Gasteiger partial charge in [-0.05, 0) is 75.4 Å². The number of carbonyl (C=O) groups excluding carboxylic acids is 2. The molecule has 0 aromatic heterocycles. The number of benzene rings is 2. The second-order valence-corrected chi connectivity index (χ2v) is 9.84.